The molecule has 1 N–H and O–H groups in total. The van der Waals surface area contributed by atoms with Crippen molar-refractivity contribution in [3.63, 3.8) is 0 Å². The van der Waals surface area contributed by atoms with Crippen LogP contribution in [0.1, 0.15) is 36.8 Å². The van der Waals surface area contributed by atoms with Gasteiger partial charge in [0.2, 0.25) is 0 Å². The van der Waals surface area contributed by atoms with Crippen molar-refractivity contribution in [3.05, 3.63) is 35.4 Å². The van der Waals surface area contributed by atoms with E-state index >= 15 is 0 Å². The maximum absolute atomic E-state index is 5.52. The van der Waals surface area contributed by atoms with E-state index in [-0.39, 0.29) is 0 Å². The Kier molecular flexibility index (Phi) is 3.14. The predicted molar refractivity (Wildman–Crippen MR) is 75.4 cm³/mol. The minimum atomic E-state index is 0.515. The van der Waals surface area contributed by atoms with Gasteiger partial charge in [0.25, 0.3) is 0 Å². The molecule has 0 aliphatic heterocycles. The molecule has 0 aromatic heterocycles. The van der Waals surface area contributed by atoms with Crippen LogP contribution in [0.15, 0.2) is 24.3 Å². The first-order valence-electron chi connectivity index (χ1n) is 7.11. The fraction of sp³-hybridized carbons (Fsp3) is 0.529. The largest absolute Gasteiger partial charge is 0.313 e. The van der Waals surface area contributed by atoms with Gasteiger partial charge in [0, 0.05) is 12.5 Å². The van der Waals surface area contributed by atoms with Gasteiger partial charge in [-0.2, -0.15) is 0 Å². The molecule has 18 heavy (non-hydrogen) atoms. The molecular formula is C17H21N. The summed E-state index contributed by atoms with van der Waals surface area (Å²) < 4.78 is 0. The van der Waals surface area contributed by atoms with Crippen LogP contribution in [0.25, 0.3) is 0 Å². The number of fused-ring (bicyclic) bond motifs is 3. The van der Waals surface area contributed by atoms with E-state index in [9.17, 15) is 0 Å². The molecule has 2 aliphatic carbocycles. The molecule has 3 rings (SSSR count). The third kappa shape index (κ3) is 1.85. The predicted octanol–water partition coefficient (Wildman–Crippen LogP) is 2.96. The molecule has 94 valence electrons. The number of nitrogens with one attached hydrogen (secondary N) is 1. The smallest absolute Gasteiger partial charge is 0.0243 e. The van der Waals surface area contributed by atoms with E-state index in [0.29, 0.717) is 6.04 Å². The zero-order valence-corrected chi connectivity index (χ0v) is 11.0. The lowest BCUT2D eigenvalue weighted by Crippen LogP contribution is -2.31. The van der Waals surface area contributed by atoms with E-state index in [1.807, 2.05) is 0 Å². The van der Waals surface area contributed by atoms with E-state index < -0.39 is 0 Å². The van der Waals surface area contributed by atoms with Gasteiger partial charge < -0.3 is 5.32 Å². The maximum atomic E-state index is 5.52. The molecule has 1 saturated carbocycles. The summed E-state index contributed by atoms with van der Waals surface area (Å²) in [5.41, 5.74) is 3.16. The number of terminal acetylenes is 1. The van der Waals surface area contributed by atoms with E-state index in [1.54, 1.807) is 11.1 Å². The highest BCUT2D eigenvalue weighted by Gasteiger charge is 2.55. The summed E-state index contributed by atoms with van der Waals surface area (Å²) in [6, 6.07) is 9.48. The third-order valence-corrected chi connectivity index (χ3v) is 4.66. The van der Waals surface area contributed by atoms with E-state index in [4.69, 9.17) is 6.42 Å². The SMILES string of the molecule is C#CCC(NCC)C1C2CCc3ccccc3C21. The first-order chi connectivity index (χ1) is 8.86. The molecule has 0 saturated heterocycles. The van der Waals surface area contributed by atoms with Crippen LogP contribution >= 0.6 is 0 Å². The van der Waals surface area contributed by atoms with Crippen molar-refractivity contribution < 1.29 is 0 Å². The minimum absolute atomic E-state index is 0.515. The lowest BCUT2D eigenvalue weighted by Gasteiger charge is -2.15. The molecule has 4 atom stereocenters. The van der Waals surface area contributed by atoms with E-state index in [0.717, 1.165) is 30.7 Å². The van der Waals surface area contributed by atoms with Crippen molar-refractivity contribution in [1.29, 1.82) is 0 Å². The Bertz CT molecular complexity index is 471. The normalized spacial score (nSPS) is 29.9. The van der Waals surface area contributed by atoms with Gasteiger partial charge >= 0.3 is 0 Å². The number of rotatable bonds is 4. The van der Waals surface area contributed by atoms with Gasteiger partial charge in [-0.15, -0.1) is 12.3 Å². The zero-order valence-electron chi connectivity index (χ0n) is 11.0. The highest BCUT2D eigenvalue weighted by atomic mass is 14.9. The zero-order chi connectivity index (χ0) is 12.5. The summed E-state index contributed by atoms with van der Waals surface area (Å²) in [5.74, 6) is 5.26. The molecule has 1 aromatic rings. The van der Waals surface area contributed by atoms with Crippen LogP contribution in [0.3, 0.4) is 0 Å². The van der Waals surface area contributed by atoms with Gasteiger partial charge in [0.15, 0.2) is 0 Å². The van der Waals surface area contributed by atoms with Gasteiger partial charge in [-0.25, -0.2) is 0 Å². The van der Waals surface area contributed by atoms with Gasteiger partial charge in [-0.3, -0.25) is 0 Å². The highest BCUT2D eigenvalue weighted by Crippen LogP contribution is 2.61. The van der Waals surface area contributed by atoms with Crippen LogP contribution in [0.5, 0.6) is 0 Å². The monoisotopic (exact) mass is 239 g/mol. The molecule has 0 heterocycles. The van der Waals surface area contributed by atoms with Crippen molar-refractivity contribution in [3.8, 4) is 12.3 Å². The second kappa shape index (κ2) is 4.78. The molecule has 1 heteroatoms. The number of benzene rings is 1. The Hall–Kier alpha value is -1.26. The lowest BCUT2D eigenvalue weighted by molar-refractivity contribution is 0.452. The molecule has 1 aromatic carbocycles. The molecule has 0 radical (unpaired) electrons. The summed E-state index contributed by atoms with van der Waals surface area (Å²) in [6.45, 7) is 3.19. The summed E-state index contributed by atoms with van der Waals surface area (Å²) >= 11 is 0. The second-order valence-electron chi connectivity index (χ2n) is 5.58. The van der Waals surface area contributed by atoms with Crippen LogP contribution in [-0.4, -0.2) is 12.6 Å². The quantitative estimate of drug-likeness (QED) is 0.797. The average molecular weight is 239 g/mol. The van der Waals surface area contributed by atoms with E-state index in [2.05, 4.69) is 42.4 Å². The van der Waals surface area contributed by atoms with Gasteiger partial charge in [-0.1, -0.05) is 31.2 Å². The highest BCUT2D eigenvalue weighted by molar-refractivity contribution is 5.40. The summed E-state index contributed by atoms with van der Waals surface area (Å²) in [5, 5.41) is 3.59. The topological polar surface area (TPSA) is 12.0 Å². The molecule has 1 fully saturated rings. The lowest BCUT2D eigenvalue weighted by atomic mass is 9.92. The Labute approximate surface area is 110 Å². The van der Waals surface area contributed by atoms with Crippen LogP contribution in [-0.2, 0) is 6.42 Å². The van der Waals surface area contributed by atoms with Crippen LogP contribution < -0.4 is 5.32 Å². The fourth-order valence-corrected chi connectivity index (χ4v) is 3.90. The average Bonchev–Trinajstić information content (AvgIpc) is 3.13. The van der Waals surface area contributed by atoms with Crippen molar-refractivity contribution in [2.24, 2.45) is 11.8 Å². The first kappa shape index (κ1) is 11.8. The molecule has 0 amide bonds. The van der Waals surface area contributed by atoms with Crippen LogP contribution in [0.2, 0.25) is 0 Å². The standard InChI is InChI=1S/C17H21N/c1-3-7-15(18-4-2)17-14-11-10-12-8-5-6-9-13(12)16(14)17/h1,5-6,8-9,14-18H,4,7,10-11H2,2H3. The molecule has 1 nitrogen and oxygen atoms in total. The number of aryl methyl sites for hydroxylation is 1. The van der Waals surface area contributed by atoms with Gasteiger partial charge in [0.1, 0.15) is 0 Å². The Morgan fingerprint density at radius 3 is 3.06 bits per heavy atom. The summed E-state index contributed by atoms with van der Waals surface area (Å²) in [6.07, 6.45) is 8.99. The van der Waals surface area contributed by atoms with Crippen LogP contribution in [0, 0.1) is 24.2 Å². The van der Waals surface area contributed by atoms with Gasteiger partial charge in [0.05, 0.1) is 0 Å². The van der Waals surface area contributed by atoms with Crippen molar-refractivity contribution in [1.82, 2.24) is 5.32 Å². The minimum Gasteiger partial charge on any atom is -0.313 e. The second-order valence-corrected chi connectivity index (χ2v) is 5.58. The maximum Gasteiger partial charge on any atom is 0.0243 e. The molecule has 0 bridgehead atoms. The Morgan fingerprint density at radius 1 is 1.44 bits per heavy atom. The summed E-state index contributed by atoms with van der Waals surface area (Å²) in [4.78, 5) is 0. The Morgan fingerprint density at radius 2 is 2.28 bits per heavy atom. The summed E-state index contributed by atoms with van der Waals surface area (Å²) in [7, 11) is 0. The molecular weight excluding hydrogens is 218 g/mol. The number of hydrogen-bond donors (Lipinski definition) is 1. The van der Waals surface area contributed by atoms with E-state index in [1.165, 1.54) is 12.8 Å². The van der Waals surface area contributed by atoms with Crippen LogP contribution in [0.4, 0.5) is 0 Å². The van der Waals surface area contributed by atoms with Crippen molar-refractivity contribution in [2.45, 2.75) is 38.1 Å². The fourth-order valence-electron chi connectivity index (χ4n) is 3.90. The molecule has 4 unspecified atom stereocenters. The number of hydrogen-bond acceptors (Lipinski definition) is 1. The third-order valence-electron chi connectivity index (χ3n) is 4.66. The molecule has 0 spiro atoms. The van der Waals surface area contributed by atoms with Gasteiger partial charge in [-0.05, 0) is 48.3 Å². The first-order valence-corrected chi connectivity index (χ1v) is 7.11. The molecule has 2 aliphatic rings. The van der Waals surface area contributed by atoms with Crippen molar-refractivity contribution >= 4 is 0 Å². The Balaban J connectivity index is 1.81. The van der Waals surface area contributed by atoms with Crippen molar-refractivity contribution in [2.75, 3.05) is 6.54 Å².